The lowest BCUT2D eigenvalue weighted by Gasteiger charge is -2.18. The number of amides is 2. The SMILES string of the molecule is CNC(=O)c1cccc(NCC(=O)N(C)c2ccccc2)c1. The minimum atomic E-state index is -0.156. The average Bonchev–Trinajstić information content (AvgIpc) is 2.59. The van der Waals surface area contributed by atoms with Gasteiger partial charge in [0.05, 0.1) is 6.54 Å². The molecular formula is C17H19N3O2. The number of carbonyl (C=O) groups is 2. The molecule has 114 valence electrons. The molecule has 5 nitrogen and oxygen atoms in total. The Morgan fingerprint density at radius 1 is 1.05 bits per heavy atom. The van der Waals surface area contributed by atoms with Crippen LogP contribution in [0.4, 0.5) is 11.4 Å². The fourth-order valence-electron chi connectivity index (χ4n) is 2.01. The Hall–Kier alpha value is -2.82. The van der Waals surface area contributed by atoms with Crippen LogP contribution >= 0.6 is 0 Å². The molecule has 2 rings (SSSR count). The van der Waals surface area contributed by atoms with Gasteiger partial charge in [0, 0.05) is 31.0 Å². The van der Waals surface area contributed by atoms with Gasteiger partial charge in [-0.25, -0.2) is 0 Å². The Morgan fingerprint density at radius 3 is 2.45 bits per heavy atom. The molecule has 0 spiro atoms. The second-order valence-corrected chi connectivity index (χ2v) is 4.80. The summed E-state index contributed by atoms with van der Waals surface area (Å²) in [5.41, 5.74) is 2.13. The molecule has 0 unspecified atom stereocenters. The van der Waals surface area contributed by atoms with Crippen LogP contribution in [-0.2, 0) is 4.79 Å². The number of hydrogen-bond acceptors (Lipinski definition) is 3. The van der Waals surface area contributed by atoms with E-state index in [-0.39, 0.29) is 18.4 Å². The van der Waals surface area contributed by atoms with Gasteiger partial charge in [0.2, 0.25) is 5.91 Å². The summed E-state index contributed by atoms with van der Waals surface area (Å²) < 4.78 is 0. The molecular weight excluding hydrogens is 278 g/mol. The number of hydrogen-bond donors (Lipinski definition) is 2. The highest BCUT2D eigenvalue weighted by Crippen LogP contribution is 2.13. The molecule has 0 aromatic heterocycles. The van der Waals surface area contributed by atoms with Gasteiger partial charge in [-0.2, -0.15) is 0 Å². The largest absolute Gasteiger partial charge is 0.376 e. The monoisotopic (exact) mass is 297 g/mol. The van der Waals surface area contributed by atoms with E-state index in [1.807, 2.05) is 36.4 Å². The van der Waals surface area contributed by atoms with Crippen LogP contribution in [0.3, 0.4) is 0 Å². The minimum Gasteiger partial charge on any atom is -0.376 e. The minimum absolute atomic E-state index is 0.0588. The lowest BCUT2D eigenvalue weighted by atomic mass is 10.2. The first-order valence-electron chi connectivity index (χ1n) is 6.99. The molecule has 0 radical (unpaired) electrons. The maximum Gasteiger partial charge on any atom is 0.251 e. The van der Waals surface area contributed by atoms with Gasteiger partial charge in [0.25, 0.3) is 5.91 Å². The van der Waals surface area contributed by atoms with Crippen LogP contribution in [0.5, 0.6) is 0 Å². The highest BCUT2D eigenvalue weighted by Gasteiger charge is 2.10. The first-order valence-corrected chi connectivity index (χ1v) is 6.99. The normalized spacial score (nSPS) is 9.91. The smallest absolute Gasteiger partial charge is 0.251 e. The Labute approximate surface area is 129 Å². The zero-order valence-electron chi connectivity index (χ0n) is 12.7. The molecule has 0 fully saturated rings. The van der Waals surface area contributed by atoms with E-state index in [0.717, 1.165) is 11.4 Å². The standard InChI is InChI=1S/C17H19N3O2/c1-18-17(22)13-7-6-8-14(11-13)19-12-16(21)20(2)15-9-4-3-5-10-15/h3-11,19H,12H2,1-2H3,(H,18,22). The first kappa shape index (κ1) is 15.6. The highest BCUT2D eigenvalue weighted by molar-refractivity contribution is 5.97. The molecule has 2 aromatic rings. The number of nitrogens with one attached hydrogen (secondary N) is 2. The number of para-hydroxylation sites is 1. The molecule has 2 N–H and O–H groups in total. The van der Waals surface area contributed by atoms with Crippen LogP contribution in [0.25, 0.3) is 0 Å². The third kappa shape index (κ3) is 3.85. The van der Waals surface area contributed by atoms with Gasteiger partial charge in [-0.05, 0) is 30.3 Å². The maximum atomic E-state index is 12.2. The molecule has 2 amide bonds. The molecule has 0 saturated carbocycles. The Bertz CT molecular complexity index is 656. The fourth-order valence-corrected chi connectivity index (χ4v) is 2.01. The summed E-state index contributed by atoms with van der Waals surface area (Å²) in [6.07, 6.45) is 0. The predicted molar refractivity (Wildman–Crippen MR) is 88.2 cm³/mol. The number of rotatable bonds is 5. The summed E-state index contributed by atoms with van der Waals surface area (Å²) in [6.45, 7) is 0.155. The van der Waals surface area contributed by atoms with E-state index in [2.05, 4.69) is 10.6 Å². The molecule has 2 aromatic carbocycles. The van der Waals surface area contributed by atoms with E-state index in [1.54, 1.807) is 37.2 Å². The summed E-state index contributed by atoms with van der Waals surface area (Å²) in [5.74, 6) is -0.215. The summed E-state index contributed by atoms with van der Waals surface area (Å²) >= 11 is 0. The van der Waals surface area contributed by atoms with Gasteiger partial charge in [0.1, 0.15) is 0 Å². The van der Waals surface area contributed by atoms with Gasteiger partial charge in [-0.3, -0.25) is 9.59 Å². The van der Waals surface area contributed by atoms with Crippen molar-refractivity contribution in [3.63, 3.8) is 0 Å². The Morgan fingerprint density at radius 2 is 1.77 bits per heavy atom. The van der Waals surface area contributed by atoms with Crippen LogP contribution in [-0.4, -0.2) is 32.5 Å². The van der Waals surface area contributed by atoms with Crippen LogP contribution in [0, 0.1) is 0 Å². The number of likely N-dealkylation sites (N-methyl/N-ethyl adjacent to an activating group) is 1. The van der Waals surface area contributed by atoms with Crippen molar-refractivity contribution in [3.05, 3.63) is 60.2 Å². The predicted octanol–water partition coefficient (Wildman–Crippen LogP) is 2.12. The zero-order valence-corrected chi connectivity index (χ0v) is 12.7. The van der Waals surface area contributed by atoms with E-state index in [0.29, 0.717) is 5.56 Å². The van der Waals surface area contributed by atoms with Crippen molar-refractivity contribution in [3.8, 4) is 0 Å². The second kappa shape index (κ2) is 7.26. The van der Waals surface area contributed by atoms with Gasteiger partial charge < -0.3 is 15.5 Å². The molecule has 0 aliphatic rings. The molecule has 0 aliphatic carbocycles. The molecule has 0 atom stereocenters. The Kier molecular flexibility index (Phi) is 5.14. The molecule has 5 heteroatoms. The van der Waals surface area contributed by atoms with Crippen molar-refractivity contribution in [2.75, 3.05) is 30.9 Å². The number of carbonyl (C=O) groups excluding carboxylic acids is 2. The molecule has 0 aliphatic heterocycles. The Balaban J connectivity index is 1.98. The van der Waals surface area contributed by atoms with E-state index in [9.17, 15) is 9.59 Å². The third-order valence-electron chi connectivity index (χ3n) is 3.31. The van der Waals surface area contributed by atoms with Crippen molar-refractivity contribution < 1.29 is 9.59 Å². The van der Waals surface area contributed by atoms with E-state index in [4.69, 9.17) is 0 Å². The summed E-state index contributed by atoms with van der Waals surface area (Å²) in [7, 11) is 3.32. The van der Waals surface area contributed by atoms with Gasteiger partial charge in [0.15, 0.2) is 0 Å². The number of nitrogens with zero attached hydrogens (tertiary/aromatic N) is 1. The zero-order chi connectivity index (χ0) is 15.9. The van der Waals surface area contributed by atoms with E-state index in [1.165, 1.54) is 0 Å². The summed E-state index contributed by atoms with van der Waals surface area (Å²) in [6, 6.07) is 16.5. The molecule has 0 heterocycles. The lowest BCUT2D eigenvalue weighted by Crippen LogP contribution is -2.32. The quantitative estimate of drug-likeness (QED) is 0.888. The molecule has 22 heavy (non-hydrogen) atoms. The van der Waals surface area contributed by atoms with Crippen LogP contribution < -0.4 is 15.5 Å². The third-order valence-corrected chi connectivity index (χ3v) is 3.31. The number of benzene rings is 2. The van der Waals surface area contributed by atoms with Crippen molar-refractivity contribution in [2.45, 2.75) is 0 Å². The summed E-state index contributed by atoms with van der Waals surface area (Å²) in [4.78, 5) is 25.4. The van der Waals surface area contributed by atoms with E-state index >= 15 is 0 Å². The first-order chi connectivity index (χ1) is 10.6. The van der Waals surface area contributed by atoms with Crippen molar-refractivity contribution in [2.24, 2.45) is 0 Å². The highest BCUT2D eigenvalue weighted by atomic mass is 16.2. The topological polar surface area (TPSA) is 61.4 Å². The van der Waals surface area contributed by atoms with E-state index < -0.39 is 0 Å². The molecule has 0 bridgehead atoms. The second-order valence-electron chi connectivity index (χ2n) is 4.80. The van der Waals surface area contributed by atoms with Crippen LogP contribution in [0.15, 0.2) is 54.6 Å². The van der Waals surface area contributed by atoms with Crippen molar-refractivity contribution >= 4 is 23.2 Å². The van der Waals surface area contributed by atoms with Crippen LogP contribution in [0.1, 0.15) is 10.4 Å². The molecule has 0 saturated heterocycles. The van der Waals surface area contributed by atoms with Gasteiger partial charge >= 0.3 is 0 Å². The fraction of sp³-hybridized carbons (Fsp3) is 0.176. The average molecular weight is 297 g/mol. The van der Waals surface area contributed by atoms with Crippen LogP contribution in [0.2, 0.25) is 0 Å². The number of anilines is 2. The summed E-state index contributed by atoms with van der Waals surface area (Å²) in [5, 5.41) is 5.61. The maximum absolute atomic E-state index is 12.2. The lowest BCUT2D eigenvalue weighted by molar-refractivity contribution is -0.116. The van der Waals surface area contributed by atoms with Crippen molar-refractivity contribution in [1.29, 1.82) is 0 Å². The van der Waals surface area contributed by atoms with Gasteiger partial charge in [-0.1, -0.05) is 24.3 Å². The van der Waals surface area contributed by atoms with Gasteiger partial charge in [-0.15, -0.1) is 0 Å². The van der Waals surface area contributed by atoms with Crippen molar-refractivity contribution in [1.82, 2.24) is 5.32 Å².